The molecule has 82 valence electrons. The molecular formula is C13H19NO. The van der Waals surface area contributed by atoms with E-state index in [-0.39, 0.29) is 11.3 Å². The van der Waals surface area contributed by atoms with Crippen LogP contribution in [-0.2, 0) is 4.79 Å². The Bertz CT molecular complexity index is 375. The molecule has 2 nitrogen and oxygen atoms in total. The molecule has 15 heavy (non-hydrogen) atoms. The number of nitrogens with one attached hydrogen (secondary N) is 1. The zero-order chi connectivity index (χ0) is 11.6. The molecule has 1 aromatic rings. The lowest BCUT2D eigenvalue weighted by atomic mass is 9.95. The van der Waals surface area contributed by atoms with Crippen molar-refractivity contribution in [2.24, 2.45) is 5.41 Å². The van der Waals surface area contributed by atoms with E-state index in [0.717, 1.165) is 11.3 Å². The van der Waals surface area contributed by atoms with Crippen molar-refractivity contribution < 1.29 is 4.79 Å². The van der Waals surface area contributed by atoms with Gasteiger partial charge in [-0.05, 0) is 31.0 Å². The maximum absolute atomic E-state index is 11.8. The third kappa shape index (κ3) is 2.82. The molecule has 0 aliphatic carbocycles. The molecule has 0 saturated carbocycles. The Hall–Kier alpha value is -1.31. The fraction of sp³-hybridized carbons (Fsp3) is 0.462. The molecule has 0 spiro atoms. The Labute approximate surface area is 91.7 Å². The average Bonchev–Trinajstić information content (AvgIpc) is 2.11. The lowest BCUT2D eigenvalue weighted by molar-refractivity contribution is -0.123. The molecule has 0 aromatic heterocycles. The Balaban J connectivity index is 2.91. The number of rotatable bonds is 1. The normalized spacial score (nSPS) is 11.3. The molecule has 0 aliphatic heterocycles. The highest BCUT2D eigenvalue weighted by Gasteiger charge is 2.21. The second-order valence-corrected chi connectivity index (χ2v) is 4.95. The largest absolute Gasteiger partial charge is 0.325 e. The number of anilines is 1. The van der Waals surface area contributed by atoms with Crippen molar-refractivity contribution in [3.8, 4) is 0 Å². The molecule has 0 saturated heterocycles. The summed E-state index contributed by atoms with van der Waals surface area (Å²) in [6, 6.07) is 5.94. The lowest BCUT2D eigenvalue weighted by Crippen LogP contribution is -2.27. The summed E-state index contributed by atoms with van der Waals surface area (Å²) in [6.45, 7) is 9.80. The van der Waals surface area contributed by atoms with Gasteiger partial charge in [0.05, 0.1) is 0 Å². The zero-order valence-electron chi connectivity index (χ0n) is 10.1. The summed E-state index contributed by atoms with van der Waals surface area (Å²) in [5.74, 6) is 0.0520. The van der Waals surface area contributed by atoms with Gasteiger partial charge < -0.3 is 5.32 Å². The number of aryl methyl sites for hydroxylation is 1. The van der Waals surface area contributed by atoms with Gasteiger partial charge >= 0.3 is 0 Å². The Kier molecular flexibility index (Phi) is 3.18. The third-order valence-electron chi connectivity index (χ3n) is 2.53. The number of hydrogen-bond donors (Lipinski definition) is 1. The van der Waals surface area contributed by atoms with Crippen LogP contribution in [0.25, 0.3) is 0 Å². The summed E-state index contributed by atoms with van der Waals surface area (Å²) in [6.07, 6.45) is 0. The predicted octanol–water partition coefficient (Wildman–Crippen LogP) is 3.29. The van der Waals surface area contributed by atoms with Crippen LogP contribution in [-0.4, -0.2) is 5.91 Å². The van der Waals surface area contributed by atoms with E-state index in [2.05, 4.69) is 5.32 Å². The van der Waals surface area contributed by atoms with Gasteiger partial charge in [-0.15, -0.1) is 0 Å². The molecule has 0 unspecified atom stereocenters. The number of carbonyl (C=O) groups excluding carboxylic acids is 1. The molecule has 0 radical (unpaired) electrons. The summed E-state index contributed by atoms with van der Waals surface area (Å²) in [5.41, 5.74) is 2.89. The van der Waals surface area contributed by atoms with Gasteiger partial charge in [0.25, 0.3) is 0 Å². The minimum absolute atomic E-state index is 0.0520. The summed E-state index contributed by atoms with van der Waals surface area (Å²) < 4.78 is 0. The summed E-state index contributed by atoms with van der Waals surface area (Å²) in [7, 11) is 0. The second-order valence-electron chi connectivity index (χ2n) is 4.95. The van der Waals surface area contributed by atoms with E-state index < -0.39 is 0 Å². The van der Waals surface area contributed by atoms with Gasteiger partial charge in [-0.25, -0.2) is 0 Å². The smallest absolute Gasteiger partial charge is 0.229 e. The Morgan fingerprint density at radius 1 is 1.20 bits per heavy atom. The van der Waals surface area contributed by atoms with Crippen LogP contribution < -0.4 is 5.32 Å². The maximum Gasteiger partial charge on any atom is 0.229 e. The summed E-state index contributed by atoms with van der Waals surface area (Å²) in [4.78, 5) is 11.8. The van der Waals surface area contributed by atoms with Gasteiger partial charge in [0, 0.05) is 11.1 Å². The van der Waals surface area contributed by atoms with Crippen molar-refractivity contribution >= 4 is 11.6 Å². The predicted molar refractivity (Wildman–Crippen MR) is 64.0 cm³/mol. The van der Waals surface area contributed by atoms with Crippen molar-refractivity contribution in [3.63, 3.8) is 0 Å². The van der Waals surface area contributed by atoms with Crippen LogP contribution in [0, 0.1) is 19.3 Å². The van der Waals surface area contributed by atoms with E-state index in [0.29, 0.717) is 0 Å². The first-order valence-corrected chi connectivity index (χ1v) is 5.20. The highest BCUT2D eigenvalue weighted by Crippen LogP contribution is 2.21. The molecule has 0 atom stereocenters. The molecule has 1 rings (SSSR count). The van der Waals surface area contributed by atoms with Crippen LogP contribution in [0.15, 0.2) is 18.2 Å². The van der Waals surface area contributed by atoms with Crippen LogP contribution >= 0.6 is 0 Å². The first-order chi connectivity index (χ1) is 6.82. The van der Waals surface area contributed by atoms with Gasteiger partial charge in [0.2, 0.25) is 5.91 Å². The van der Waals surface area contributed by atoms with E-state index in [1.54, 1.807) is 0 Å². The molecule has 0 heterocycles. The van der Waals surface area contributed by atoms with Crippen LogP contribution in [0.5, 0.6) is 0 Å². The second kappa shape index (κ2) is 4.05. The maximum atomic E-state index is 11.8. The van der Waals surface area contributed by atoms with Crippen LogP contribution in [0.2, 0.25) is 0 Å². The lowest BCUT2D eigenvalue weighted by Gasteiger charge is -2.19. The summed E-state index contributed by atoms with van der Waals surface area (Å²) in [5, 5.41) is 2.95. The van der Waals surface area contributed by atoms with E-state index in [1.165, 1.54) is 5.56 Å². The van der Waals surface area contributed by atoms with Gasteiger partial charge in [-0.1, -0.05) is 32.9 Å². The third-order valence-corrected chi connectivity index (χ3v) is 2.53. The van der Waals surface area contributed by atoms with Crippen molar-refractivity contribution in [3.05, 3.63) is 29.3 Å². The molecule has 0 bridgehead atoms. The molecule has 0 fully saturated rings. The van der Waals surface area contributed by atoms with E-state index >= 15 is 0 Å². The van der Waals surface area contributed by atoms with Crippen LogP contribution in [0.4, 0.5) is 5.69 Å². The minimum Gasteiger partial charge on any atom is -0.325 e. The standard InChI is InChI=1S/C13H19NO/c1-9-7-6-8-11(10(9)2)14-12(15)13(3,4)5/h6-8H,1-5H3,(H,14,15). The average molecular weight is 205 g/mol. The van der Waals surface area contributed by atoms with E-state index in [9.17, 15) is 4.79 Å². The van der Waals surface area contributed by atoms with Crippen molar-refractivity contribution in [2.45, 2.75) is 34.6 Å². The first kappa shape index (κ1) is 11.8. The SMILES string of the molecule is Cc1cccc(NC(=O)C(C)(C)C)c1C. The quantitative estimate of drug-likeness (QED) is 0.749. The first-order valence-electron chi connectivity index (χ1n) is 5.20. The number of carbonyl (C=O) groups is 1. The fourth-order valence-corrected chi connectivity index (χ4v) is 1.20. The number of hydrogen-bond acceptors (Lipinski definition) is 1. The molecule has 1 amide bonds. The topological polar surface area (TPSA) is 29.1 Å². The van der Waals surface area contributed by atoms with Crippen molar-refractivity contribution in [1.29, 1.82) is 0 Å². The van der Waals surface area contributed by atoms with E-state index in [4.69, 9.17) is 0 Å². The van der Waals surface area contributed by atoms with Gasteiger partial charge in [-0.3, -0.25) is 4.79 Å². The molecule has 1 N–H and O–H groups in total. The Morgan fingerprint density at radius 2 is 1.80 bits per heavy atom. The fourth-order valence-electron chi connectivity index (χ4n) is 1.20. The van der Waals surface area contributed by atoms with Gasteiger partial charge in [0.15, 0.2) is 0 Å². The number of benzene rings is 1. The Morgan fingerprint density at radius 3 is 2.33 bits per heavy atom. The number of amides is 1. The van der Waals surface area contributed by atoms with Crippen LogP contribution in [0.3, 0.4) is 0 Å². The zero-order valence-corrected chi connectivity index (χ0v) is 10.1. The minimum atomic E-state index is -0.351. The molecule has 2 heteroatoms. The van der Waals surface area contributed by atoms with Crippen molar-refractivity contribution in [1.82, 2.24) is 0 Å². The van der Waals surface area contributed by atoms with Gasteiger partial charge in [0.1, 0.15) is 0 Å². The van der Waals surface area contributed by atoms with E-state index in [1.807, 2.05) is 52.8 Å². The highest BCUT2D eigenvalue weighted by atomic mass is 16.2. The summed E-state index contributed by atoms with van der Waals surface area (Å²) >= 11 is 0. The molecular weight excluding hydrogens is 186 g/mol. The molecule has 0 aliphatic rings. The highest BCUT2D eigenvalue weighted by molar-refractivity contribution is 5.95. The monoisotopic (exact) mass is 205 g/mol. The van der Waals surface area contributed by atoms with Crippen LogP contribution in [0.1, 0.15) is 31.9 Å². The van der Waals surface area contributed by atoms with Crippen molar-refractivity contribution in [2.75, 3.05) is 5.32 Å². The van der Waals surface area contributed by atoms with Gasteiger partial charge in [-0.2, -0.15) is 0 Å². The molecule has 1 aromatic carbocycles.